The molecule has 0 N–H and O–H groups in total. The largest absolute Gasteiger partial charge is 0.313 e. The molecule has 2 rings (SSSR count). The normalized spacial score (nSPS) is 10.2. The number of nitrogens with zero attached hydrogens (tertiary/aromatic N) is 1. The maximum absolute atomic E-state index is 13.6. The van der Waals surface area contributed by atoms with Crippen LogP contribution in [-0.4, -0.2) is 12.5 Å². The van der Waals surface area contributed by atoms with Crippen LogP contribution in [0.1, 0.15) is 24.5 Å². The minimum atomic E-state index is -0.899. The number of anilines is 1. The molecule has 1 amide bonds. The molecule has 2 aromatic rings. The molecule has 0 saturated heterocycles. The van der Waals surface area contributed by atoms with E-state index in [1.54, 1.807) is 29.2 Å². The van der Waals surface area contributed by atoms with E-state index in [0.29, 0.717) is 17.8 Å². The van der Waals surface area contributed by atoms with Gasteiger partial charge in [0.25, 0.3) is 0 Å². The number of aryl methyl sites for hydroxylation is 1. The molecule has 0 aromatic heterocycles. The molecule has 0 spiro atoms. The summed E-state index contributed by atoms with van der Waals surface area (Å²) in [6.45, 7) is 2.32. The van der Waals surface area contributed by atoms with Gasteiger partial charge in [-0.1, -0.05) is 24.1 Å². The van der Waals surface area contributed by atoms with E-state index in [9.17, 15) is 13.6 Å². The monoisotopic (exact) mass is 313 g/mol. The zero-order valence-corrected chi connectivity index (χ0v) is 12.9. The first-order chi connectivity index (χ1) is 11.1. The van der Waals surface area contributed by atoms with E-state index in [1.807, 2.05) is 6.92 Å². The van der Waals surface area contributed by atoms with Gasteiger partial charge in [0.05, 0.1) is 0 Å². The zero-order valence-electron chi connectivity index (χ0n) is 12.9. The quantitative estimate of drug-likeness (QED) is 0.766. The van der Waals surface area contributed by atoms with Gasteiger partial charge >= 0.3 is 0 Å². The van der Waals surface area contributed by atoms with Crippen LogP contribution in [0.5, 0.6) is 0 Å². The van der Waals surface area contributed by atoms with Crippen molar-refractivity contribution in [3.05, 3.63) is 65.2 Å². The molecule has 0 atom stereocenters. The summed E-state index contributed by atoms with van der Waals surface area (Å²) in [6.07, 6.45) is 5.61. The van der Waals surface area contributed by atoms with Crippen molar-refractivity contribution in [2.24, 2.45) is 0 Å². The van der Waals surface area contributed by atoms with E-state index in [1.165, 1.54) is 12.1 Å². The van der Waals surface area contributed by atoms with E-state index in [2.05, 4.69) is 5.92 Å². The van der Waals surface area contributed by atoms with Gasteiger partial charge in [-0.05, 0) is 43.2 Å². The van der Waals surface area contributed by atoms with Gasteiger partial charge in [0, 0.05) is 24.2 Å². The molecule has 0 saturated carbocycles. The van der Waals surface area contributed by atoms with Gasteiger partial charge in [-0.25, -0.2) is 8.78 Å². The number of carbonyl (C=O) groups excluding carboxylic acids is 1. The summed E-state index contributed by atoms with van der Waals surface area (Å²) in [4.78, 5) is 14.0. The molecule has 0 unspecified atom stereocenters. The lowest BCUT2D eigenvalue weighted by atomic mass is 10.1. The first-order valence-electron chi connectivity index (χ1n) is 7.36. The van der Waals surface area contributed by atoms with Crippen LogP contribution in [0.4, 0.5) is 14.5 Å². The van der Waals surface area contributed by atoms with Crippen LogP contribution in [0, 0.1) is 24.0 Å². The third-order valence-corrected chi connectivity index (χ3v) is 3.58. The summed E-state index contributed by atoms with van der Waals surface area (Å²) >= 11 is 0. The van der Waals surface area contributed by atoms with Crippen molar-refractivity contribution in [3.63, 3.8) is 0 Å². The summed E-state index contributed by atoms with van der Waals surface area (Å²) < 4.78 is 26.8. The van der Waals surface area contributed by atoms with E-state index < -0.39 is 11.6 Å². The fourth-order valence-corrected chi connectivity index (χ4v) is 2.38. The number of amides is 1. The summed E-state index contributed by atoms with van der Waals surface area (Å²) in [5.41, 5.74) is 1.59. The lowest BCUT2D eigenvalue weighted by molar-refractivity contribution is -0.118. The van der Waals surface area contributed by atoms with Crippen molar-refractivity contribution in [1.29, 1.82) is 0 Å². The summed E-state index contributed by atoms with van der Waals surface area (Å²) in [5, 5.41) is 0. The molecular weight excluding hydrogens is 296 g/mol. The molecule has 0 aliphatic rings. The highest BCUT2D eigenvalue weighted by Gasteiger charge is 2.16. The Hall–Kier alpha value is -2.67. The number of benzene rings is 2. The van der Waals surface area contributed by atoms with Crippen molar-refractivity contribution in [1.82, 2.24) is 0 Å². The van der Waals surface area contributed by atoms with Crippen LogP contribution < -0.4 is 4.90 Å². The van der Waals surface area contributed by atoms with Gasteiger partial charge in [-0.15, -0.1) is 6.42 Å². The maximum atomic E-state index is 13.6. The Kier molecular flexibility index (Phi) is 5.48. The number of halogens is 2. The second-order valence-corrected chi connectivity index (χ2v) is 5.05. The Bertz CT molecular complexity index is 749. The number of hydrogen-bond donors (Lipinski definition) is 0. The second kappa shape index (κ2) is 7.55. The first-order valence-corrected chi connectivity index (χ1v) is 7.36. The van der Waals surface area contributed by atoms with Crippen LogP contribution in [0.3, 0.4) is 0 Å². The summed E-state index contributed by atoms with van der Waals surface area (Å²) in [5.74, 6) is 0.576. The molecule has 0 aliphatic heterocycles. The number of hydrogen-bond acceptors (Lipinski definition) is 1. The van der Waals surface area contributed by atoms with E-state index >= 15 is 0 Å². The molecule has 23 heavy (non-hydrogen) atoms. The Morgan fingerprint density at radius 3 is 2.65 bits per heavy atom. The average molecular weight is 313 g/mol. The fraction of sp³-hybridized carbons (Fsp3) is 0.211. The standard InChI is InChI=1S/C19H17F2NO/c1-3-14-7-5-9-16(13-14)22(4-2)18(23)12-11-15-8-6-10-17(20)19(15)21/h1,5-10,13H,4,11-12H2,2H3. The highest BCUT2D eigenvalue weighted by molar-refractivity contribution is 5.93. The highest BCUT2D eigenvalue weighted by Crippen LogP contribution is 2.19. The van der Waals surface area contributed by atoms with Gasteiger partial charge in [0.2, 0.25) is 5.91 Å². The minimum absolute atomic E-state index is 0.0918. The lowest BCUT2D eigenvalue weighted by Gasteiger charge is -2.21. The zero-order chi connectivity index (χ0) is 16.8. The van der Waals surface area contributed by atoms with Gasteiger partial charge in [-0.2, -0.15) is 0 Å². The third-order valence-electron chi connectivity index (χ3n) is 3.58. The molecule has 118 valence electrons. The second-order valence-electron chi connectivity index (χ2n) is 5.05. The van der Waals surface area contributed by atoms with Crippen LogP contribution >= 0.6 is 0 Å². The van der Waals surface area contributed by atoms with Gasteiger partial charge < -0.3 is 4.90 Å². The number of rotatable bonds is 5. The van der Waals surface area contributed by atoms with E-state index in [-0.39, 0.29) is 24.3 Å². The Morgan fingerprint density at radius 2 is 1.96 bits per heavy atom. The van der Waals surface area contributed by atoms with Gasteiger partial charge in [0.15, 0.2) is 11.6 Å². The van der Waals surface area contributed by atoms with Crippen LogP contribution in [0.2, 0.25) is 0 Å². The molecule has 2 aromatic carbocycles. The van der Waals surface area contributed by atoms with Crippen molar-refractivity contribution < 1.29 is 13.6 Å². The Balaban J connectivity index is 2.11. The van der Waals surface area contributed by atoms with Gasteiger partial charge in [0.1, 0.15) is 0 Å². The van der Waals surface area contributed by atoms with Crippen molar-refractivity contribution in [3.8, 4) is 12.3 Å². The molecular formula is C19H17F2NO. The molecule has 0 aliphatic carbocycles. The maximum Gasteiger partial charge on any atom is 0.227 e. The number of terminal acetylenes is 1. The van der Waals surface area contributed by atoms with Crippen molar-refractivity contribution in [2.45, 2.75) is 19.8 Å². The van der Waals surface area contributed by atoms with Crippen LogP contribution in [-0.2, 0) is 11.2 Å². The van der Waals surface area contributed by atoms with Crippen LogP contribution in [0.15, 0.2) is 42.5 Å². The lowest BCUT2D eigenvalue weighted by Crippen LogP contribution is -2.30. The minimum Gasteiger partial charge on any atom is -0.313 e. The van der Waals surface area contributed by atoms with E-state index in [4.69, 9.17) is 6.42 Å². The number of carbonyl (C=O) groups is 1. The van der Waals surface area contributed by atoms with Crippen molar-refractivity contribution in [2.75, 3.05) is 11.4 Å². The summed E-state index contributed by atoms with van der Waals surface area (Å²) in [6, 6.07) is 11.1. The predicted octanol–water partition coefficient (Wildman–Crippen LogP) is 3.93. The Morgan fingerprint density at radius 1 is 1.22 bits per heavy atom. The first kappa shape index (κ1) is 16.7. The molecule has 0 heterocycles. The van der Waals surface area contributed by atoms with Crippen molar-refractivity contribution >= 4 is 11.6 Å². The molecule has 4 heteroatoms. The SMILES string of the molecule is C#Cc1cccc(N(CC)C(=O)CCc2cccc(F)c2F)c1. The van der Waals surface area contributed by atoms with E-state index in [0.717, 1.165) is 6.07 Å². The fourth-order valence-electron chi connectivity index (χ4n) is 2.38. The predicted molar refractivity (Wildman–Crippen MR) is 87.1 cm³/mol. The average Bonchev–Trinajstić information content (AvgIpc) is 2.57. The topological polar surface area (TPSA) is 20.3 Å². The summed E-state index contributed by atoms with van der Waals surface area (Å²) in [7, 11) is 0. The Labute approximate surface area is 134 Å². The molecule has 0 radical (unpaired) electrons. The molecule has 0 bridgehead atoms. The third kappa shape index (κ3) is 3.95. The highest BCUT2D eigenvalue weighted by atomic mass is 19.2. The van der Waals surface area contributed by atoms with Crippen LogP contribution in [0.25, 0.3) is 0 Å². The van der Waals surface area contributed by atoms with Gasteiger partial charge in [-0.3, -0.25) is 4.79 Å². The smallest absolute Gasteiger partial charge is 0.227 e. The molecule has 0 fully saturated rings. The molecule has 2 nitrogen and oxygen atoms in total.